The summed E-state index contributed by atoms with van der Waals surface area (Å²) >= 11 is 4.61. The third-order valence-electron chi connectivity index (χ3n) is 2.87. The van der Waals surface area contributed by atoms with E-state index in [0.29, 0.717) is 11.3 Å². The number of halogens is 1. The molecule has 0 fully saturated rings. The minimum Gasteiger partial charge on any atom is -0.468 e. The molecule has 1 unspecified atom stereocenters. The molecule has 1 atom stereocenters. The summed E-state index contributed by atoms with van der Waals surface area (Å²) in [6, 6.07) is 6.18. The zero-order valence-corrected chi connectivity index (χ0v) is 15.2. The molecule has 1 amide bonds. The van der Waals surface area contributed by atoms with Gasteiger partial charge in [-0.25, -0.2) is 4.79 Å². The Balaban J connectivity index is 2.57. The van der Waals surface area contributed by atoms with E-state index in [1.165, 1.54) is 26.0 Å². The maximum absolute atomic E-state index is 12.0. The molecule has 0 saturated carbocycles. The molecule has 126 valence electrons. The average Bonchev–Trinajstić information content (AvgIpc) is 2.56. The number of nitrogens with one attached hydrogen (secondary N) is 1. The second-order valence-electron chi connectivity index (χ2n) is 4.45. The second-order valence-corrected chi connectivity index (χ2v) is 6.47. The number of carbonyl (C=O) groups is 3. The van der Waals surface area contributed by atoms with Crippen LogP contribution < -0.4 is 5.32 Å². The third-order valence-corrected chi connectivity index (χ3v) is 4.33. The summed E-state index contributed by atoms with van der Waals surface area (Å²) < 4.78 is 10.1. The Morgan fingerprint density at radius 1 is 1.17 bits per heavy atom. The summed E-state index contributed by atoms with van der Waals surface area (Å²) in [5, 5.41) is 2.65. The minimum absolute atomic E-state index is 0.186. The minimum atomic E-state index is -0.855. The van der Waals surface area contributed by atoms with Crippen molar-refractivity contribution in [3.8, 4) is 0 Å². The van der Waals surface area contributed by atoms with Crippen molar-refractivity contribution in [3.63, 3.8) is 0 Å². The molecule has 0 saturated heterocycles. The molecule has 8 heteroatoms. The first-order valence-corrected chi connectivity index (χ1v) is 8.70. The van der Waals surface area contributed by atoms with Crippen LogP contribution in [0.15, 0.2) is 28.7 Å². The summed E-state index contributed by atoms with van der Waals surface area (Å²) in [6.45, 7) is 0. The fraction of sp³-hybridized carbons (Fsp3) is 0.400. The van der Waals surface area contributed by atoms with Gasteiger partial charge in [-0.1, -0.05) is 28.1 Å². The highest BCUT2D eigenvalue weighted by atomic mass is 79.9. The number of ether oxygens (including phenoxy) is 2. The van der Waals surface area contributed by atoms with Gasteiger partial charge in [0, 0.05) is 16.6 Å². The molecule has 0 aliphatic carbocycles. The molecule has 1 aromatic rings. The molecule has 0 aliphatic heterocycles. The van der Waals surface area contributed by atoms with Crippen molar-refractivity contribution >= 4 is 45.5 Å². The number of methoxy groups -OCH3 is 2. The third kappa shape index (κ3) is 7.04. The molecule has 0 heterocycles. The van der Waals surface area contributed by atoms with Gasteiger partial charge in [-0.3, -0.25) is 9.59 Å². The van der Waals surface area contributed by atoms with Crippen molar-refractivity contribution in [2.75, 3.05) is 25.7 Å². The zero-order chi connectivity index (χ0) is 17.2. The van der Waals surface area contributed by atoms with E-state index in [4.69, 9.17) is 4.74 Å². The van der Waals surface area contributed by atoms with Crippen molar-refractivity contribution < 1.29 is 23.9 Å². The largest absolute Gasteiger partial charge is 0.468 e. The summed E-state index contributed by atoms with van der Waals surface area (Å²) in [5.41, 5.74) is 0.635. The van der Waals surface area contributed by atoms with Crippen LogP contribution >= 0.6 is 27.7 Å². The van der Waals surface area contributed by atoms with Gasteiger partial charge in [-0.05, 0) is 17.7 Å². The molecule has 0 aromatic heterocycles. The van der Waals surface area contributed by atoms with Gasteiger partial charge in [0.15, 0.2) is 6.04 Å². The van der Waals surface area contributed by atoms with Gasteiger partial charge in [0.1, 0.15) is 0 Å². The lowest BCUT2D eigenvalue weighted by atomic mass is 10.1. The van der Waals surface area contributed by atoms with Crippen LogP contribution in [0.1, 0.15) is 18.0 Å². The highest BCUT2D eigenvalue weighted by Gasteiger charge is 2.23. The lowest BCUT2D eigenvalue weighted by Crippen LogP contribution is -2.34. The number of amides is 1. The molecule has 0 radical (unpaired) electrons. The molecular formula is C15H18BrNO5S. The first-order valence-electron chi connectivity index (χ1n) is 6.75. The van der Waals surface area contributed by atoms with Gasteiger partial charge < -0.3 is 14.8 Å². The highest BCUT2D eigenvalue weighted by Crippen LogP contribution is 2.18. The summed E-state index contributed by atoms with van der Waals surface area (Å²) in [7, 11) is 2.58. The van der Waals surface area contributed by atoms with Crippen LogP contribution in [-0.4, -0.2) is 43.6 Å². The SMILES string of the molecule is COC(=O)CSCCC(=O)NC(C(=O)OC)c1ccc(Br)cc1. The van der Waals surface area contributed by atoms with E-state index < -0.39 is 12.0 Å². The van der Waals surface area contributed by atoms with Crippen LogP contribution in [0, 0.1) is 0 Å². The standard InChI is InChI=1S/C15H18BrNO5S/c1-21-13(19)9-23-8-7-12(18)17-14(15(20)22-2)10-3-5-11(16)6-4-10/h3-6,14H,7-9H2,1-2H3,(H,17,18). The molecule has 1 rings (SSSR count). The fourth-order valence-corrected chi connectivity index (χ4v) is 2.69. The van der Waals surface area contributed by atoms with Gasteiger partial charge in [-0.2, -0.15) is 0 Å². The van der Waals surface area contributed by atoms with Crippen molar-refractivity contribution in [1.29, 1.82) is 0 Å². The highest BCUT2D eigenvalue weighted by molar-refractivity contribution is 9.10. The molecule has 0 aliphatic rings. The number of rotatable bonds is 8. The molecule has 0 bridgehead atoms. The topological polar surface area (TPSA) is 81.7 Å². The van der Waals surface area contributed by atoms with E-state index in [1.807, 2.05) is 0 Å². The van der Waals surface area contributed by atoms with E-state index in [2.05, 4.69) is 26.0 Å². The molecular weight excluding hydrogens is 386 g/mol. The fourth-order valence-electron chi connectivity index (χ4n) is 1.66. The number of hydrogen-bond donors (Lipinski definition) is 1. The average molecular weight is 404 g/mol. The number of esters is 2. The Hall–Kier alpha value is -1.54. The van der Waals surface area contributed by atoms with E-state index in [9.17, 15) is 14.4 Å². The molecule has 1 N–H and O–H groups in total. The summed E-state index contributed by atoms with van der Waals surface area (Å²) in [6.07, 6.45) is 0.186. The van der Waals surface area contributed by atoms with Gasteiger partial charge in [0.2, 0.25) is 5.91 Å². The Bertz CT molecular complexity index is 549. The van der Waals surface area contributed by atoms with E-state index >= 15 is 0 Å². The van der Waals surface area contributed by atoms with Crippen LogP contribution in [0.3, 0.4) is 0 Å². The van der Waals surface area contributed by atoms with Crippen LogP contribution in [0.2, 0.25) is 0 Å². The lowest BCUT2D eigenvalue weighted by molar-refractivity contribution is -0.145. The summed E-state index contributed by atoms with van der Waals surface area (Å²) in [5.74, 6) is -0.521. The quantitative estimate of drug-likeness (QED) is 0.528. The van der Waals surface area contributed by atoms with E-state index in [0.717, 1.165) is 4.47 Å². The zero-order valence-electron chi connectivity index (χ0n) is 12.8. The Morgan fingerprint density at radius 3 is 2.39 bits per heavy atom. The van der Waals surface area contributed by atoms with Gasteiger partial charge in [0.25, 0.3) is 0 Å². The Labute approximate surface area is 147 Å². The summed E-state index contributed by atoms with van der Waals surface area (Å²) in [4.78, 5) is 34.8. The first-order chi connectivity index (χ1) is 11.0. The van der Waals surface area contributed by atoms with Crippen LogP contribution in [-0.2, 0) is 23.9 Å². The van der Waals surface area contributed by atoms with E-state index in [1.54, 1.807) is 24.3 Å². The van der Waals surface area contributed by atoms with Crippen molar-refractivity contribution in [2.45, 2.75) is 12.5 Å². The number of hydrogen-bond acceptors (Lipinski definition) is 6. The molecule has 6 nitrogen and oxygen atoms in total. The molecule has 1 aromatic carbocycles. The van der Waals surface area contributed by atoms with Crippen LogP contribution in [0.5, 0.6) is 0 Å². The van der Waals surface area contributed by atoms with Gasteiger partial charge in [0.05, 0.1) is 20.0 Å². The van der Waals surface area contributed by atoms with Gasteiger partial charge in [-0.15, -0.1) is 11.8 Å². The van der Waals surface area contributed by atoms with E-state index in [-0.39, 0.29) is 24.1 Å². The molecule has 0 spiro atoms. The molecule has 23 heavy (non-hydrogen) atoms. The first kappa shape index (κ1) is 19.5. The van der Waals surface area contributed by atoms with Crippen molar-refractivity contribution in [1.82, 2.24) is 5.32 Å². The number of benzene rings is 1. The van der Waals surface area contributed by atoms with Crippen LogP contribution in [0.4, 0.5) is 0 Å². The normalized spacial score (nSPS) is 11.4. The lowest BCUT2D eigenvalue weighted by Gasteiger charge is -2.17. The second kappa shape index (κ2) is 10.3. The maximum atomic E-state index is 12.0. The number of thioether (sulfide) groups is 1. The maximum Gasteiger partial charge on any atom is 0.333 e. The smallest absolute Gasteiger partial charge is 0.333 e. The van der Waals surface area contributed by atoms with Crippen molar-refractivity contribution in [3.05, 3.63) is 34.3 Å². The Morgan fingerprint density at radius 2 is 1.83 bits per heavy atom. The Kier molecular flexibility index (Phi) is 8.71. The monoisotopic (exact) mass is 403 g/mol. The predicted molar refractivity (Wildman–Crippen MR) is 91.0 cm³/mol. The predicted octanol–water partition coefficient (Wildman–Crippen LogP) is 2.08. The van der Waals surface area contributed by atoms with Crippen LogP contribution in [0.25, 0.3) is 0 Å². The van der Waals surface area contributed by atoms with Crippen molar-refractivity contribution in [2.24, 2.45) is 0 Å². The number of carbonyl (C=O) groups excluding carboxylic acids is 3. The van der Waals surface area contributed by atoms with Gasteiger partial charge >= 0.3 is 11.9 Å².